The second kappa shape index (κ2) is 7.94. The van der Waals surface area contributed by atoms with Gasteiger partial charge in [0.05, 0.1) is 0 Å². The summed E-state index contributed by atoms with van der Waals surface area (Å²) in [6, 6.07) is 6.73. The van der Waals surface area contributed by atoms with Crippen LogP contribution in [-0.4, -0.2) is 8.80 Å². The van der Waals surface area contributed by atoms with Gasteiger partial charge in [-0.1, -0.05) is 42.9 Å². The summed E-state index contributed by atoms with van der Waals surface area (Å²) in [4.78, 5) is 0. The molecule has 0 saturated carbocycles. The summed E-state index contributed by atoms with van der Waals surface area (Å²) in [6.07, 6.45) is 2.39. The third-order valence-electron chi connectivity index (χ3n) is 3.22. The molecule has 1 aromatic rings. The van der Waals surface area contributed by atoms with E-state index in [0.29, 0.717) is 0 Å². The van der Waals surface area contributed by atoms with E-state index in [1.54, 1.807) is 11.1 Å². The summed E-state index contributed by atoms with van der Waals surface area (Å²) in [5, 5.41) is 0. The third-order valence-corrected chi connectivity index (χ3v) is 5.44. The monoisotopic (exact) mass is 362 g/mol. The van der Waals surface area contributed by atoms with E-state index >= 15 is 0 Å². The van der Waals surface area contributed by atoms with Crippen molar-refractivity contribution >= 4 is 14.9 Å². The summed E-state index contributed by atoms with van der Waals surface area (Å²) in [5.74, 6) is 0. The quantitative estimate of drug-likeness (QED) is 0.485. The number of fused-ring (bicyclic) bond motifs is 1. The Labute approximate surface area is 138 Å². The Morgan fingerprint density at radius 3 is 2.18 bits per heavy atom. The number of halogens is 2. The van der Waals surface area contributed by atoms with E-state index in [9.17, 15) is 0 Å². The predicted octanol–water partition coefficient (Wildman–Crippen LogP) is -2.47. The van der Waals surface area contributed by atoms with Gasteiger partial charge in [0.1, 0.15) is 0 Å². The second-order valence-electron chi connectivity index (χ2n) is 4.69. The SMILES string of the molecule is CC1=Cc2c(C)cccc2C1[SiH](C)C.[Cl-].[Cl-].[Zr+2]. The molecule has 0 radical (unpaired) electrons. The van der Waals surface area contributed by atoms with Gasteiger partial charge in [-0.25, -0.2) is 0 Å². The largest absolute Gasteiger partial charge is 2.00 e. The Bertz CT molecular complexity index is 402. The molecule has 17 heavy (non-hydrogen) atoms. The van der Waals surface area contributed by atoms with Gasteiger partial charge in [0.2, 0.25) is 0 Å². The molecular formula is C13H18Cl2SiZr. The zero-order valence-electron chi connectivity index (χ0n) is 10.7. The normalized spacial score (nSPS) is 16.3. The molecule has 0 heterocycles. The van der Waals surface area contributed by atoms with Crippen LogP contribution in [-0.2, 0) is 26.2 Å². The number of hydrogen-bond acceptors (Lipinski definition) is 0. The number of hydrogen-bond donors (Lipinski definition) is 0. The third kappa shape index (κ3) is 3.80. The van der Waals surface area contributed by atoms with E-state index in [4.69, 9.17) is 0 Å². The predicted molar refractivity (Wildman–Crippen MR) is 66.4 cm³/mol. The van der Waals surface area contributed by atoms with E-state index in [-0.39, 0.29) is 51.0 Å². The molecule has 1 atom stereocenters. The Morgan fingerprint density at radius 1 is 1.06 bits per heavy atom. The Morgan fingerprint density at radius 2 is 1.65 bits per heavy atom. The molecule has 0 nitrogen and oxygen atoms in total. The fourth-order valence-electron chi connectivity index (χ4n) is 2.62. The number of benzene rings is 1. The molecule has 0 saturated heterocycles. The van der Waals surface area contributed by atoms with Crippen molar-refractivity contribution in [1.82, 2.24) is 0 Å². The van der Waals surface area contributed by atoms with E-state index < -0.39 is 8.80 Å². The maximum atomic E-state index is 2.44. The topological polar surface area (TPSA) is 0 Å². The minimum atomic E-state index is -0.607. The molecule has 2 rings (SSSR count). The molecular weight excluding hydrogens is 346 g/mol. The van der Waals surface area contributed by atoms with Crippen LogP contribution in [0.5, 0.6) is 0 Å². The van der Waals surface area contributed by atoms with Crippen LogP contribution in [0, 0.1) is 6.92 Å². The number of aryl methyl sites for hydroxylation is 1. The van der Waals surface area contributed by atoms with E-state index in [1.807, 2.05) is 0 Å². The molecule has 0 spiro atoms. The Hall–Kier alpha value is 0.640. The average Bonchev–Trinajstić information content (AvgIpc) is 2.42. The maximum Gasteiger partial charge on any atom is 2.00 e. The molecule has 1 aromatic carbocycles. The summed E-state index contributed by atoms with van der Waals surface area (Å²) >= 11 is 0. The van der Waals surface area contributed by atoms with Crippen molar-refractivity contribution < 1.29 is 51.0 Å². The average molecular weight is 365 g/mol. The summed E-state index contributed by atoms with van der Waals surface area (Å²) in [7, 11) is -0.607. The summed E-state index contributed by atoms with van der Waals surface area (Å²) in [5.41, 5.74) is 6.88. The number of allylic oxidation sites excluding steroid dienone is 1. The van der Waals surface area contributed by atoms with Gasteiger partial charge in [0.15, 0.2) is 0 Å². The molecule has 0 N–H and O–H groups in total. The minimum Gasteiger partial charge on any atom is -1.00 e. The molecule has 92 valence electrons. The van der Waals surface area contributed by atoms with Gasteiger partial charge in [0, 0.05) is 8.80 Å². The summed E-state index contributed by atoms with van der Waals surface area (Å²) < 4.78 is 0. The summed E-state index contributed by atoms with van der Waals surface area (Å²) in [6.45, 7) is 9.39. The maximum absolute atomic E-state index is 2.44. The molecule has 0 aliphatic heterocycles. The molecule has 1 aliphatic carbocycles. The van der Waals surface area contributed by atoms with Crippen molar-refractivity contribution in [1.29, 1.82) is 0 Å². The number of rotatable bonds is 1. The van der Waals surface area contributed by atoms with Gasteiger partial charge in [-0.05, 0) is 36.1 Å². The van der Waals surface area contributed by atoms with Crippen LogP contribution >= 0.6 is 0 Å². The van der Waals surface area contributed by atoms with Gasteiger partial charge in [-0.3, -0.25) is 0 Å². The molecule has 0 amide bonds. The van der Waals surface area contributed by atoms with Crippen LogP contribution < -0.4 is 24.8 Å². The molecule has 1 unspecified atom stereocenters. The van der Waals surface area contributed by atoms with Crippen molar-refractivity contribution in [3.05, 3.63) is 40.5 Å². The van der Waals surface area contributed by atoms with Gasteiger partial charge in [-0.2, -0.15) is 0 Å². The van der Waals surface area contributed by atoms with Crippen molar-refractivity contribution in [3.8, 4) is 0 Å². The van der Waals surface area contributed by atoms with Gasteiger partial charge in [-0.15, -0.1) is 0 Å². The van der Waals surface area contributed by atoms with Crippen LogP contribution in [0.3, 0.4) is 0 Å². The first-order valence-corrected chi connectivity index (χ1v) is 8.36. The first-order chi connectivity index (χ1) is 6.61. The van der Waals surface area contributed by atoms with Crippen molar-refractivity contribution in [2.75, 3.05) is 0 Å². The first kappa shape index (κ1) is 20.0. The van der Waals surface area contributed by atoms with Crippen LogP contribution in [0.25, 0.3) is 6.08 Å². The van der Waals surface area contributed by atoms with Gasteiger partial charge < -0.3 is 24.8 Å². The molecule has 0 aromatic heterocycles. The van der Waals surface area contributed by atoms with Crippen molar-refractivity contribution in [2.45, 2.75) is 32.5 Å². The van der Waals surface area contributed by atoms with E-state index in [1.165, 1.54) is 11.1 Å². The fraction of sp³-hybridized carbons (Fsp3) is 0.385. The van der Waals surface area contributed by atoms with Crippen molar-refractivity contribution in [2.24, 2.45) is 0 Å². The van der Waals surface area contributed by atoms with Gasteiger partial charge in [0.25, 0.3) is 0 Å². The molecule has 0 fully saturated rings. The molecule has 4 heteroatoms. The van der Waals surface area contributed by atoms with Crippen molar-refractivity contribution in [3.63, 3.8) is 0 Å². The zero-order valence-corrected chi connectivity index (χ0v) is 15.8. The Balaban J connectivity index is 0. The minimum absolute atomic E-state index is 0. The zero-order chi connectivity index (χ0) is 10.3. The van der Waals surface area contributed by atoms with Crippen LogP contribution in [0.1, 0.15) is 29.2 Å². The standard InChI is InChI=1S/C13H18Si.2ClH.Zr/c1-9-6-5-7-11-12(9)8-10(2)13(11)14(3)4;;;/h5-8,13-14H,1-4H3;2*1H;/q;;;+2/p-2. The molecule has 1 aliphatic rings. The van der Waals surface area contributed by atoms with E-state index in [0.717, 1.165) is 5.54 Å². The smallest absolute Gasteiger partial charge is 1.00 e. The fourth-order valence-corrected chi connectivity index (χ4v) is 4.78. The van der Waals surface area contributed by atoms with E-state index in [2.05, 4.69) is 51.2 Å². The first-order valence-electron chi connectivity index (χ1n) is 5.39. The van der Waals surface area contributed by atoms with Crippen LogP contribution in [0.2, 0.25) is 13.1 Å². The second-order valence-corrected chi connectivity index (χ2v) is 7.84. The van der Waals surface area contributed by atoms with Gasteiger partial charge >= 0.3 is 26.2 Å². The van der Waals surface area contributed by atoms with Crippen LogP contribution in [0.4, 0.5) is 0 Å². The van der Waals surface area contributed by atoms with Crippen LogP contribution in [0.15, 0.2) is 23.8 Å². The molecule has 0 bridgehead atoms. The Kier molecular flexibility index (Phi) is 9.33.